The van der Waals surface area contributed by atoms with Crippen molar-refractivity contribution in [2.24, 2.45) is 0 Å². The van der Waals surface area contributed by atoms with Gasteiger partial charge in [-0.05, 0) is 30.2 Å². The van der Waals surface area contributed by atoms with E-state index in [4.69, 9.17) is 5.11 Å². The fraction of sp³-hybridized carbons (Fsp3) is 0.167. The molecular formula is C12H11FN2O2. The molecular weight excluding hydrogens is 223 g/mol. The second-order valence-electron chi connectivity index (χ2n) is 3.80. The van der Waals surface area contributed by atoms with E-state index in [1.807, 2.05) is 0 Å². The molecule has 0 amide bonds. The van der Waals surface area contributed by atoms with Crippen LogP contribution in [0.5, 0.6) is 0 Å². The summed E-state index contributed by atoms with van der Waals surface area (Å²) in [6.45, 7) is 1.66. The van der Waals surface area contributed by atoms with Gasteiger partial charge in [0, 0.05) is 5.56 Å². The van der Waals surface area contributed by atoms with Gasteiger partial charge in [0.1, 0.15) is 5.82 Å². The van der Waals surface area contributed by atoms with E-state index in [0.717, 1.165) is 5.56 Å². The summed E-state index contributed by atoms with van der Waals surface area (Å²) in [5.74, 6) is -1.22. The standard InChI is InChI=1S/C12H11FN2O2/c1-7-4-8(2-3-10(7)13)9-6-14-15-11(9)5-12(16)17/h2-4,6H,5H2,1H3,(H,14,15)(H,16,17). The molecule has 0 unspecified atom stereocenters. The minimum absolute atomic E-state index is 0.133. The maximum atomic E-state index is 13.1. The van der Waals surface area contributed by atoms with E-state index >= 15 is 0 Å². The van der Waals surface area contributed by atoms with E-state index in [9.17, 15) is 9.18 Å². The molecule has 1 aromatic carbocycles. The number of rotatable bonds is 3. The van der Waals surface area contributed by atoms with E-state index in [-0.39, 0.29) is 12.2 Å². The molecule has 1 heterocycles. The maximum absolute atomic E-state index is 13.1. The van der Waals surface area contributed by atoms with Gasteiger partial charge >= 0.3 is 5.97 Å². The number of aliphatic carboxylic acids is 1. The molecule has 0 radical (unpaired) electrons. The summed E-state index contributed by atoms with van der Waals surface area (Å²) in [5, 5.41) is 15.2. The molecule has 0 spiro atoms. The van der Waals surface area contributed by atoms with Crippen molar-refractivity contribution in [2.75, 3.05) is 0 Å². The molecule has 0 fully saturated rings. The van der Waals surface area contributed by atoms with Gasteiger partial charge in [0.25, 0.3) is 0 Å². The SMILES string of the molecule is Cc1cc(-c2cn[nH]c2CC(=O)O)ccc1F. The topological polar surface area (TPSA) is 66.0 Å². The van der Waals surface area contributed by atoms with E-state index in [2.05, 4.69) is 10.2 Å². The number of benzene rings is 1. The Labute approximate surface area is 97.1 Å². The molecule has 2 N–H and O–H groups in total. The zero-order valence-corrected chi connectivity index (χ0v) is 9.20. The third-order valence-electron chi connectivity index (χ3n) is 2.52. The Morgan fingerprint density at radius 1 is 1.53 bits per heavy atom. The lowest BCUT2D eigenvalue weighted by Crippen LogP contribution is -2.01. The zero-order valence-electron chi connectivity index (χ0n) is 9.20. The minimum Gasteiger partial charge on any atom is -0.481 e. The van der Waals surface area contributed by atoms with E-state index < -0.39 is 5.97 Å². The number of hydrogen-bond acceptors (Lipinski definition) is 2. The molecule has 0 saturated heterocycles. The van der Waals surface area contributed by atoms with Crippen molar-refractivity contribution in [3.05, 3.63) is 41.5 Å². The second-order valence-corrected chi connectivity index (χ2v) is 3.80. The lowest BCUT2D eigenvalue weighted by molar-refractivity contribution is -0.136. The van der Waals surface area contributed by atoms with Gasteiger partial charge in [0.15, 0.2) is 0 Å². The van der Waals surface area contributed by atoms with Crippen molar-refractivity contribution in [3.63, 3.8) is 0 Å². The smallest absolute Gasteiger partial charge is 0.309 e. The van der Waals surface area contributed by atoms with Crippen LogP contribution in [-0.2, 0) is 11.2 Å². The van der Waals surface area contributed by atoms with Gasteiger partial charge in [-0.3, -0.25) is 9.89 Å². The van der Waals surface area contributed by atoms with Crippen LogP contribution in [0.2, 0.25) is 0 Å². The van der Waals surface area contributed by atoms with Crippen LogP contribution < -0.4 is 0 Å². The maximum Gasteiger partial charge on any atom is 0.309 e. The summed E-state index contributed by atoms with van der Waals surface area (Å²) in [4.78, 5) is 10.7. The summed E-state index contributed by atoms with van der Waals surface area (Å²) < 4.78 is 13.1. The highest BCUT2D eigenvalue weighted by atomic mass is 19.1. The number of carboxylic acid groups (broad SMARTS) is 1. The van der Waals surface area contributed by atoms with Crippen LogP contribution in [0.3, 0.4) is 0 Å². The van der Waals surface area contributed by atoms with E-state index in [0.29, 0.717) is 16.8 Å². The number of aromatic nitrogens is 2. The van der Waals surface area contributed by atoms with Gasteiger partial charge in [0.05, 0.1) is 18.3 Å². The van der Waals surface area contributed by atoms with Crippen molar-refractivity contribution in [1.29, 1.82) is 0 Å². The van der Waals surface area contributed by atoms with Gasteiger partial charge in [-0.25, -0.2) is 4.39 Å². The van der Waals surface area contributed by atoms with Crippen LogP contribution >= 0.6 is 0 Å². The molecule has 4 nitrogen and oxygen atoms in total. The molecule has 1 aromatic heterocycles. The van der Waals surface area contributed by atoms with E-state index in [1.54, 1.807) is 25.3 Å². The summed E-state index contributed by atoms with van der Waals surface area (Å²) in [5.41, 5.74) is 2.48. The molecule has 17 heavy (non-hydrogen) atoms. The van der Waals surface area contributed by atoms with Crippen LogP contribution in [-0.4, -0.2) is 21.3 Å². The van der Waals surface area contributed by atoms with Crippen molar-refractivity contribution in [2.45, 2.75) is 13.3 Å². The Morgan fingerprint density at radius 2 is 2.29 bits per heavy atom. The Balaban J connectivity index is 2.42. The average Bonchev–Trinajstić information content (AvgIpc) is 2.69. The highest BCUT2D eigenvalue weighted by Gasteiger charge is 2.11. The van der Waals surface area contributed by atoms with Crippen LogP contribution in [0.4, 0.5) is 4.39 Å². The zero-order chi connectivity index (χ0) is 12.4. The highest BCUT2D eigenvalue weighted by molar-refractivity contribution is 5.75. The molecule has 0 saturated carbocycles. The van der Waals surface area contributed by atoms with Crippen LogP contribution in [0.1, 0.15) is 11.3 Å². The van der Waals surface area contributed by atoms with Gasteiger partial charge in [-0.15, -0.1) is 0 Å². The van der Waals surface area contributed by atoms with Gasteiger partial charge in [-0.1, -0.05) is 6.07 Å². The second kappa shape index (κ2) is 4.37. The Kier molecular flexibility index (Phi) is 2.91. The minimum atomic E-state index is -0.936. The summed E-state index contributed by atoms with van der Waals surface area (Å²) >= 11 is 0. The highest BCUT2D eigenvalue weighted by Crippen LogP contribution is 2.24. The third-order valence-corrected chi connectivity index (χ3v) is 2.52. The quantitative estimate of drug-likeness (QED) is 0.855. The molecule has 0 aliphatic rings. The number of carboxylic acids is 1. The number of H-pyrrole nitrogens is 1. The van der Waals surface area contributed by atoms with Crippen LogP contribution in [0.15, 0.2) is 24.4 Å². The molecule has 0 aliphatic carbocycles. The number of nitrogens with zero attached hydrogens (tertiary/aromatic N) is 1. The lowest BCUT2D eigenvalue weighted by Gasteiger charge is -2.03. The predicted octanol–water partition coefficient (Wildman–Crippen LogP) is 2.15. The Bertz CT molecular complexity index is 563. The predicted molar refractivity (Wildman–Crippen MR) is 60.1 cm³/mol. The Hall–Kier alpha value is -2.17. The largest absolute Gasteiger partial charge is 0.481 e. The monoisotopic (exact) mass is 234 g/mol. The molecule has 88 valence electrons. The molecule has 2 rings (SSSR count). The molecule has 0 bridgehead atoms. The number of halogens is 1. The van der Waals surface area contributed by atoms with Gasteiger partial charge in [0.2, 0.25) is 0 Å². The molecule has 2 aromatic rings. The first kappa shape index (κ1) is 11.3. The number of aryl methyl sites for hydroxylation is 1. The van der Waals surface area contributed by atoms with Crippen molar-refractivity contribution in [3.8, 4) is 11.1 Å². The van der Waals surface area contributed by atoms with Gasteiger partial charge in [-0.2, -0.15) is 5.10 Å². The number of hydrogen-bond donors (Lipinski definition) is 2. The Morgan fingerprint density at radius 3 is 2.94 bits per heavy atom. The van der Waals surface area contributed by atoms with Crippen molar-refractivity contribution < 1.29 is 14.3 Å². The third kappa shape index (κ3) is 2.33. The number of nitrogens with one attached hydrogen (secondary N) is 1. The van der Waals surface area contributed by atoms with Crippen LogP contribution in [0, 0.1) is 12.7 Å². The summed E-state index contributed by atoms with van der Waals surface area (Å²) in [6, 6.07) is 4.65. The fourth-order valence-electron chi connectivity index (χ4n) is 1.66. The summed E-state index contributed by atoms with van der Waals surface area (Å²) in [6.07, 6.45) is 1.41. The summed E-state index contributed by atoms with van der Waals surface area (Å²) in [7, 11) is 0. The normalized spacial score (nSPS) is 10.5. The first-order valence-corrected chi connectivity index (χ1v) is 5.08. The molecule has 5 heteroatoms. The number of carbonyl (C=O) groups is 1. The molecule has 0 atom stereocenters. The first-order valence-electron chi connectivity index (χ1n) is 5.08. The lowest BCUT2D eigenvalue weighted by atomic mass is 10.0. The van der Waals surface area contributed by atoms with Gasteiger partial charge < -0.3 is 5.11 Å². The van der Waals surface area contributed by atoms with Crippen molar-refractivity contribution in [1.82, 2.24) is 10.2 Å². The van der Waals surface area contributed by atoms with Crippen LogP contribution in [0.25, 0.3) is 11.1 Å². The first-order chi connectivity index (χ1) is 8.08. The average molecular weight is 234 g/mol. The fourth-order valence-corrected chi connectivity index (χ4v) is 1.66. The van der Waals surface area contributed by atoms with E-state index in [1.165, 1.54) is 6.07 Å². The number of aromatic amines is 1. The molecule has 0 aliphatic heterocycles. The van der Waals surface area contributed by atoms with Crippen molar-refractivity contribution >= 4 is 5.97 Å².